The summed E-state index contributed by atoms with van der Waals surface area (Å²) in [5.41, 5.74) is 7.44. The van der Waals surface area contributed by atoms with Gasteiger partial charge in [-0.1, -0.05) is 7.43 Å². The Kier molecular flexibility index (Phi) is 9.22. The summed E-state index contributed by atoms with van der Waals surface area (Å²) < 4.78 is 30.2. The van der Waals surface area contributed by atoms with Crippen molar-refractivity contribution in [3.63, 3.8) is 0 Å². The fraction of sp³-hybridized carbons (Fsp3) is 0.600. The molecule has 1 aliphatic heterocycles. The van der Waals surface area contributed by atoms with Crippen LogP contribution >= 0.6 is 0 Å². The maximum atomic E-state index is 14.6. The third kappa shape index (κ3) is 6.49. The lowest BCUT2D eigenvalue weighted by molar-refractivity contribution is -0.138. The van der Waals surface area contributed by atoms with Gasteiger partial charge in [0.15, 0.2) is 5.65 Å². The van der Waals surface area contributed by atoms with Crippen LogP contribution in [0.1, 0.15) is 64.8 Å². The smallest absolute Gasteiger partial charge is 0.225 e. The van der Waals surface area contributed by atoms with Crippen molar-refractivity contribution in [1.29, 1.82) is 0 Å². The predicted molar refractivity (Wildman–Crippen MR) is 161 cm³/mol. The van der Waals surface area contributed by atoms with Gasteiger partial charge in [-0.2, -0.15) is 4.98 Å². The number of halogens is 2. The molecule has 3 aromatic rings. The molecule has 2 aliphatic carbocycles. The molecule has 0 bridgehead atoms. The second-order valence-electron chi connectivity index (χ2n) is 11.8. The SMILES string of the molecule is C.CN1CCN(C(=O)C2CCC(n3c(Nc4ccc(F)cc4F)nc4cnc(NC5CCC(N)CC5)nc43)CC2)CC1. The van der Waals surface area contributed by atoms with Crippen LogP contribution in [0, 0.1) is 17.6 Å². The summed E-state index contributed by atoms with van der Waals surface area (Å²) in [6, 6.07) is 3.94. The zero-order valence-electron chi connectivity index (χ0n) is 23.5. The van der Waals surface area contributed by atoms with Crippen LogP contribution in [0.15, 0.2) is 24.4 Å². The summed E-state index contributed by atoms with van der Waals surface area (Å²) in [6.45, 7) is 3.36. The summed E-state index contributed by atoms with van der Waals surface area (Å²) in [5.74, 6) is -0.143. The average molecular weight is 584 g/mol. The highest BCUT2D eigenvalue weighted by atomic mass is 19.1. The molecule has 4 N–H and O–H groups in total. The summed E-state index contributed by atoms with van der Waals surface area (Å²) in [6.07, 6.45) is 8.60. The fourth-order valence-electron chi connectivity index (χ4n) is 6.42. The topological polar surface area (TPSA) is 117 Å². The molecule has 0 spiro atoms. The minimum absolute atomic E-state index is 0. The van der Waals surface area contributed by atoms with Gasteiger partial charge in [-0.3, -0.25) is 9.36 Å². The quantitative estimate of drug-likeness (QED) is 0.383. The Balaban J connectivity index is 0.00000353. The first-order chi connectivity index (χ1) is 19.8. The number of hydrogen-bond acceptors (Lipinski definition) is 8. The number of nitrogens with two attached hydrogens (primary N) is 1. The molecule has 3 fully saturated rings. The van der Waals surface area contributed by atoms with Gasteiger partial charge >= 0.3 is 0 Å². The number of amides is 1. The molecule has 0 unspecified atom stereocenters. The first-order valence-corrected chi connectivity index (χ1v) is 14.8. The molecule has 1 saturated heterocycles. The lowest BCUT2D eigenvalue weighted by Gasteiger charge is -2.37. The first-order valence-electron chi connectivity index (χ1n) is 14.8. The third-order valence-corrected chi connectivity index (χ3v) is 8.94. The van der Waals surface area contributed by atoms with E-state index in [0.29, 0.717) is 23.1 Å². The monoisotopic (exact) mass is 583 g/mol. The number of hydrogen-bond donors (Lipinski definition) is 3. The maximum Gasteiger partial charge on any atom is 0.225 e. The second-order valence-corrected chi connectivity index (χ2v) is 11.8. The van der Waals surface area contributed by atoms with Gasteiger partial charge in [0.05, 0.1) is 11.9 Å². The number of carbonyl (C=O) groups is 1. The zero-order chi connectivity index (χ0) is 28.5. The molecule has 228 valence electrons. The van der Waals surface area contributed by atoms with Crippen LogP contribution in [-0.2, 0) is 4.79 Å². The number of nitrogens with zero attached hydrogens (tertiary/aromatic N) is 6. The highest BCUT2D eigenvalue weighted by Gasteiger charge is 2.33. The Bertz CT molecular complexity index is 1370. The number of imidazole rings is 1. The molecule has 12 heteroatoms. The number of benzene rings is 1. The molecule has 0 radical (unpaired) electrons. The van der Waals surface area contributed by atoms with Gasteiger partial charge in [0.25, 0.3) is 0 Å². The van der Waals surface area contributed by atoms with E-state index in [4.69, 9.17) is 15.7 Å². The summed E-state index contributed by atoms with van der Waals surface area (Å²) in [7, 11) is 2.08. The van der Waals surface area contributed by atoms with Crippen LogP contribution in [-0.4, -0.2) is 80.5 Å². The molecular weight excluding hydrogens is 540 g/mol. The van der Waals surface area contributed by atoms with Crippen molar-refractivity contribution in [1.82, 2.24) is 29.3 Å². The lowest BCUT2D eigenvalue weighted by atomic mass is 9.85. The van der Waals surface area contributed by atoms with E-state index in [1.165, 1.54) is 12.1 Å². The van der Waals surface area contributed by atoms with E-state index >= 15 is 0 Å². The van der Waals surface area contributed by atoms with Gasteiger partial charge in [-0.25, -0.2) is 18.7 Å². The molecule has 42 heavy (non-hydrogen) atoms. The lowest BCUT2D eigenvalue weighted by Crippen LogP contribution is -2.49. The van der Waals surface area contributed by atoms with Crippen molar-refractivity contribution >= 4 is 34.7 Å². The van der Waals surface area contributed by atoms with Crippen molar-refractivity contribution < 1.29 is 13.6 Å². The number of carbonyl (C=O) groups excluding carboxylic acids is 1. The molecular formula is C30H43F2N9O. The van der Waals surface area contributed by atoms with Crippen LogP contribution in [0.2, 0.25) is 0 Å². The van der Waals surface area contributed by atoms with Crippen LogP contribution < -0.4 is 16.4 Å². The van der Waals surface area contributed by atoms with Gasteiger partial charge in [-0.05, 0) is 70.5 Å². The fourth-order valence-corrected chi connectivity index (χ4v) is 6.42. The molecule has 2 saturated carbocycles. The minimum atomic E-state index is -0.700. The largest absolute Gasteiger partial charge is 0.351 e. The van der Waals surface area contributed by atoms with E-state index in [1.807, 2.05) is 9.47 Å². The molecule has 3 aliphatic rings. The van der Waals surface area contributed by atoms with Crippen molar-refractivity contribution in [2.45, 2.75) is 76.9 Å². The number of rotatable bonds is 6. The Morgan fingerprint density at radius 1 is 0.976 bits per heavy atom. The summed E-state index contributed by atoms with van der Waals surface area (Å²) in [4.78, 5) is 31.6. The first kappa shape index (κ1) is 30.1. The zero-order valence-corrected chi connectivity index (χ0v) is 23.5. The van der Waals surface area contributed by atoms with Gasteiger partial charge in [0.2, 0.25) is 17.8 Å². The highest BCUT2D eigenvalue weighted by molar-refractivity contribution is 5.79. The number of anilines is 3. The molecule has 10 nitrogen and oxygen atoms in total. The van der Waals surface area contributed by atoms with E-state index < -0.39 is 11.6 Å². The van der Waals surface area contributed by atoms with E-state index in [-0.39, 0.29) is 43.1 Å². The third-order valence-electron chi connectivity index (χ3n) is 8.94. The normalized spacial score (nSPS) is 25.2. The van der Waals surface area contributed by atoms with Gasteiger partial charge < -0.3 is 26.2 Å². The Labute approximate surface area is 246 Å². The molecule has 1 amide bonds. The molecule has 2 aromatic heterocycles. The number of fused-ring (bicyclic) bond motifs is 1. The highest BCUT2D eigenvalue weighted by Crippen LogP contribution is 2.38. The van der Waals surface area contributed by atoms with E-state index in [1.54, 1.807) is 6.20 Å². The van der Waals surface area contributed by atoms with Crippen molar-refractivity contribution in [3.8, 4) is 0 Å². The molecule has 6 rings (SSSR count). The Morgan fingerprint density at radius 3 is 2.38 bits per heavy atom. The molecule has 0 atom stereocenters. The maximum absolute atomic E-state index is 14.6. The minimum Gasteiger partial charge on any atom is -0.351 e. The van der Waals surface area contributed by atoms with Crippen molar-refractivity contribution in [3.05, 3.63) is 36.0 Å². The van der Waals surface area contributed by atoms with Gasteiger partial charge in [0, 0.05) is 56.3 Å². The number of likely N-dealkylation sites (N-methyl/N-ethyl adjacent to an activating group) is 1. The van der Waals surface area contributed by atoms with E-state index in [9.17, 15) is 13.6 Å². The van der Waals surface area contributed by atoms with E-state index in [2.05, 4.69) is 27.6 Å². The van der Waals surface area contributed by atoms with E-state index in [0.717, 1.165) is 83.6 Å². The number of nitrogens with one attached hydrogen (secondary N) is 2. The molecule has 3 heterocycles. The summed E-state index contributed by atoms with van der Waals surface area (Å²) >= 11 is 0. The second kappa shape index (κ2) is 12.9. The summed E-state index contributed by atoms with van der Waals surface area (Å²) in [5, 5.41) is 6.54. The van der Waals surface area contributed by atoms with Crippen LogP contribution in [0.4, 0.5) is 26.4 Å². The average Bonchev–Trinajstić information content (AvgIpc) is 3.33. The van der Waals surface area contributed by atoms with Crippen molar-refractivity contribution in [2.75, 3.05) is 43.9 Å². The van der Waals surface area contributed by atoms with Crippen molar-refractivity contribution in [2.24, 2.45) is 11.7 Å². The molecule has 1 aromatic carbocycles. The number of piperazine rings is 1. The van der Waals surface area contributed by atoms with Crippen LogP contribution in [0.25, 0.3) is 11.2 Å². The Hall–Kier alpha value is -3.38. The van der Waals surface area contributed by atoms with Crippen LogP contribution in [0.5, 0.6) is 0 Å². The standard InChI is InChI=1S/C29H39F2N9O.CH4/c1-38-12-14-39(15-13-38)27(41)18-2-9-22(10-3-18)40-26-25(36-29(40)35-24-11-4-19(30)16-23(24)31)17-33-28(37-26)34-21-7-5-20(32)6-8-21;/h4,11,16-18,20-22H,2-3,5-10,12-15,32H2,1H3,(H,35,36)(H,33,34,37);1H4. The predicted octanol–water partition coefficient (Wildman–Crippen LogP) is 4.67. The van der Waals surface area contributed by atoms with Crippen LogP contribution in [0.3, 0.4) is 0 Å². The Morgan fingerprint density at radius 2 is 1.69 bits per heavy atom. The number of aromatic nitrogens is 4. The van der Waals surface area contributed by atoms with Gasteiger partial charge in [-0.15, -0.1) is 0 Å². The van der Waals surface area contributed by atoms with Gasteiger partial charge in [0.1, 0.15) is 17.2 Å².